The molecule has 2 nitrogen and oxygen atoms in total. The Balaban J connectivity index is 2.41. The zero-order valence-electron chi connectivity index (χ0n) is 5.45. The Morgan fingerprint density at radius 1 is 1.64 bits per heavy atom. The summed E-state index contributed by atoms with van der Waals surface area (Å²) in [6.07, 6.45) is 3.42. The molecule has 2 aliphatic heterocycles. The van der Waals surface area contributed by atoms with Gasteiger partial charge in [0.1, 0.15) is 5.76 Å². The van der Waals surface area contributed by atoms with Crippen LogP contribution in [0.4, 0.5) is 0 Å². The largest absolute Gasteiger partial charge is 0.507 e. The quantitative estimate of drug-likeness (QED) is 0.697. The Hall–Kier alpha value is -0.350. The van der Waals surface area contributed by atoms with Crippen LogP contribution in [0, 0.1) is 0 Å². The minimum absolute atomic E-state index is 0.0608. The SMILES string of the molecule is OC1=C2C=CSC2OC(Br)=C1. The smallest absolute Gasteiger partial charge is 0.177 e. The van der Waals surface area contributed by atoms with Gasteiger partial charge in [0.15, 0.2) is 10.1 Å². The van der Waals surface area contributed by atoms with Crippen molar-refractivity contribution in [2.24, 2.45) is 0 Å². The van der Waals surface area contributed by atoms with Crippen LogP contribution >= 0.6 is 27.7 Å². The van der Waals surface area contributed by atoms with Gasteiger partial charge in [0, 0.05) is 11.6 Å². The number of hydrogen-bond donors (Lipinski definition) is 1. The van der Waals surface area contributed by atoms with Gasteiger partial charge in [0.25, 0.3) is 0 Å². The molecule has 1 N–H and O–H groups in total. The molecule has 2 aliphatic rings. The van der Waals surface area contributed by atoms with Crippen LogP contribution in [0.15, 0.2) is 33.6 Å². The van der Waals surface area contributed by atoms with Crippen LogP contribution in [0.5, 0.6) is 0 Å². The first kappa shape index (κ1) is 7.31. The van der Waals surface area contributed by atoms with Crippen molar-refractivity contribution in [3.63, 3.8) is 0 Å². The molecule has 2 rings (SSSR count). The fourth-order valence-corrected chi connectivity index (χ4v) is 2.36. The van der Waals surface area contributed by atoms with E-state index >= 15 is 0 Å². The van der Waals surface area contributed by atoms with Gasteiger partial charge < -0.3 is 9.84 Å². The van der Waals surface area contributed by atoms with Gasteiger partial charge in [-0.1, -0.05) is 11.8 Å². The van der Waals surface area contributed by atoms with Gasteiger partial charge in [-0.2, -0.15) is 0 Å². The second-order valence-corrected chi connectivity index (χ2v) is 3.93. The molecule has 4 heteroatoms. The van der Waals surface area contributed by atoms with Gasteiger partial charge in [-0.3, -0.25) is 0 Å². The van der Waals surface area contributed by atoms with Crippen molar-refractivity contribution >= 4 is 27.7 Å². The maximum atomic E-state index is 9.38. The van der Waals surface area contributed by atoms with E-state index < -0.39 is 0 Å². The first-order valence-corrected chi connectivity index (χ1v) is 4.80. The number of ether oxygens (including phenoxy) is 1. The number of hydrogen-bond acceptors (Lipinski definition) is 3. The molecule has 0 spiro atoms. The number of fused-ring (bicyclic) bond motifs is 1. The highest BCUT2D eigenvalue weighted by atomic mass is 79.9. The molecule has 0 amide bonds. The normalized spacial score (nSPS) is 28.1. The van der Waals surface area contributed by atoms with Crippen LogP contribution in [-0.2, 0) is 4.74 Å². The number of aliphatic hydroxyl groups is 1. The van der Waals surface area contributed by atoms with Crippen LogP contribution in [-0.4, -0.2) is 10.5 Å². The minimum atomic E-state index is -0.0608. The second kappa shape index (κ2) is 2.60. The molecule has 58 valence electrons. The van der Waals surface area contributed by atoms with E-state index in [0.717, 1.165) is 5.57 Å². The molecule has 0 aromatic rings. The van der Waals surface area contributed by atoms with E-state index in [1.165, 1.54) is 0 Å². The van der Waals surface area contributed by atoms with E-state index in [-0.39, 0.29) is 11.2 Å². The molecule has 0 fully saturated rings. The molecule has 0 aromatic heterocycles. The zero-order chi connectivity index (χ0) is 7.84. The average molecular weight is 233 g/mol. The van der Waals surface area contributed by atoms with Gasteiger partial charge in [-0.05, 0) is 27.4 Å². The lowest BCUT2D eigenvalue weighted by atomic mass is 10.2. The van der Waals surface area contributed by atoms with Gasteiger partial charge in [-0.25, -0.2) is 0 Å². The molecule has 11 heavy (non-hydrogen) atoms. The minimum Gasteiger partial charge on any atom is -0.507 e. The van der Waals surface area contributed by atoms with Crippen molar-refractivity contribution in [3.05, 3.63) is 33.6 Å². The van der Waals surface area contributed by atoms with Crippen molar-refractivity contribution in [1.82, 2.24) is 0 Å². The highest BCUT2D eigenvalue weighted by Crippen LogP contribution is 2.37. The average Bonchev–Trinajstić information content (AvgIpc) is 2.34. The Bertz CT molecular complexity index is 280. The number of aliphatic hydroxyl groups excluding tert-OH is 1. The lowest BCUT2D eigenvalue weighted by molar-refractivity contribution is 0.229. The fraction of sp³-hybridized carbons (Fsp3) is 0.143. The maximum absolute atomic E-state index is 9.38. The summed E-state index contributed by atoms with van der Waals surface area (Å²) in [5.41, 5.74) is 0.785. The monoisotopic (exact) mass is 232 g/mol. The Kier molecular flexibility index (Phi) is 1.73. The Labute approximate surface area is 76.7 Å². The first-order chi connectivity index (χ1) is 5.27. The molecule has 2 heterocycles. The highest BCUT2D eigenvalue weighted by molar-refractivity contribution is 9.11. The van der Waals surface area contributed by atoms with Gasteiger partial charge >= 0.3 is 0 Å². The molecule has 0 saturated carbocycles. The first-order valence-electron chi connectivity index (χ1n) is 3.06. The third-order valence-electron chi connectivity index (χ3n) is 1.47. The molecule has 0 aromatic carbocycles. The standard InChI is InChI=1S/C7H5BrO2S/c8-6-3-5(9)4-1-2-11-7(4)10-6/h1-3,7,9H. The lowest BCUT2D eigenvalue weighted by Gasteiger charge is -2.18. The van der Waals surface area contributed by atoms with Crippen molar-refractivity contribution in [3.8, 4) is 0 Å². The molecular formula is C7H5BrO2S. The van der Waals surface area contributed by atoms with Crippen molar-refractivity contribution < 1.29 is 9.84 Å². The number of allylic oxidation sites excluding steroid dienone is 1. The summed E-state index contributed by atoms with van der Waals surface area (Å²) in [7, 11) is 0. The molecule has 0 saturated heterocycles. The van der Waals surface area contributed by atoms with E-state index in [0.29, 0.717) is 4.67 Å². The molecule has 0 bridgehead atoms. The van der Waals surface area contributed by atoms with E-state index in [4.69, 9.17) is 4.74 Å². The second-order valence-electron chi connectivity index (χ2n) is 2.18. The van der Waals surface area contributed by atoms with E-state index in [1.807, 2.05) is 11.5 Å². The van der Waals surface area contributed by atoms with Gasteiger partial charge in [0.05, 0.1) is 0 Å². The molecule has 0 aliphatic carbocycles. The van der Waals surface area contributed by atoms with E-state index in [2.05, 4.69) is 15.9 Å². The summed E-state index contributed by atoms with van der Waals surface area (Å²) < 4.78 is 5.92. The van der Waals surface area contributed by atoms with Crippen LogP contribution in [0.2, 0.25) is 0 Å². The van der Waals surface area contributed by atoms with Crippen molar-refractivity contribution in [1.29, 1.82) is 0 Å². The van der Waals surface area contributed by atoms with Crippen LogP contribution in [0.25, 0.3) is 0 Å². The van der Waals surface area contributed by atoms with E-state index in [9.17, 15) is 5.11 Å². The van der Waals surface area contributed by atoms with E-state index in [1.54, 1.807) is 17.8 Å². The van der Waals surface area contributed by atoms with Crippen LogP contribution in [0.3, 0.4) is 0 Å². The predicted octanol–water partition coefficient (Wildman–Crippen LogP) is 2.65. The molecule has 0 radical (unpaired) electrons. The Morgan fingerprint density at radius 2 is 2.45 bits per heavy atom. The molecular weight excluding hydrogens is 228 g/mol. The molecule has 1 unspecified atom stereocenters. The summed E-state index contributed by atoms with van der Waals surface area (Å²) in [6, 6.07) is 0. The van der Waals surface area contributed by atoms with Gasteiger partial charge in [0.2, 0.25) is 0 Å². The van der Waals surface area contributed by atoms with Crippen LogP contribution < -0.4 is 0 Å². The van der Waals surface area contributed by atoms with Crippen LogP contribution in [0.1, 0.15) is 0 Å². The summed E-state index contributed by atoms with van der Waals surface area (Å²) in [6.45, 7) is 0. The number of halogens is 1. The number of thioether (sulfide) groups is 1. The maximum Gasteiger partial charge on any atom is 0.177 e. The summed E-state index contributed by atoms with van der Waals surface area (Å²) in [4.78, 5) is 0. The summed E-state index contributed by atoms with van der Waals surface area (Å²) >= 11 is 4.71. The van der Waals surface area contributed by atoms with Gasteiger partial charge in [-0.15, -0.1) is 0 Å². The summed E-state index contributed by atoms with van der Waals surface area (Å²) in [5, 5.41) is 11.3. The lowest BCUT2D eigenvalue weighted by Crippen LogP contribution is -2.11. The zero-order valence-corrected chi connectivity index (χ0v) is 7.85. The third kappa shape index (κ3) is 1.20. The molecule has 1 atom stereocenters. The summed E-state index contributed by atoms with van der Waals surface area (Å²) in [5.74, 6) is 0.286. The van der Waals surface area contributed by atoms with Crippen molar-refractivity contribution in [2.75, 3.05) is 0 Å². The topological polar surface area (TPSA) is 29.5 Å². The highest BCUT2D eigenvalue weighted by Gasteiger charge is 2.25. The number of rotatable bonds is 0. The fourth-order valence-electron chi connectivity index (χ4n) is 0.960. The van der Waals surface area contributed by atoms with Crippen molar-refractivity contribution in [2.45, 2.75) is 5.44 Å². The Morgan fingerprint density at radius 3 is 3.27 bits per heavy atom. The predicted molar refractivity (Wildman–Crippen MR) is 48.3 cm³/mol. The third-order valence-corrected chi connectivity index (χ3v) is 2.78.